The van der Waals surface area contributed by atoms with Gasteiger partial charge in [0.2, 0.25) is 0 Å². The minimum absolute atomic E-state index is 0.108. The molecule has 2 atom stereocenters. The predicted octanol–water partition coefficient (Wildman–Crippen LogP) is 3.59. The second-order valence-corrected chi connectivity index (χ2v) is 10.5. The van der Waals surface area contributed by atoms with Crippen LogP contribution in [-0.2, 0) is 15.6 Å². The van der Waals surface area contributed by atoms with E-state index in [0.717, 1.165) is 33.5 Å². The van der Waals surface area contributed by atoms with Gasteiger partial charge in [0.1, 0.15) is 5.75 Å². The molecule has 0 amide bonds. The molecular weight excluding hydrogens is 392 g/mol. The average molecular weight is 417 g/mol. The highest BCUT2D eigenvalue weighted by Crippen LogP contribution is 2.37. The van der Waals surface area contributed by atoms with Gasteiger partial charge in [0.25, 0.3) is 0 Å². The molecule has 2 aromatic rings. The van der Waals surface area contributed by atoms with Crippen LogP contribution in [0.5, 0.6) is 5.75 Å². The average Bonchev–Trinajstić information content (AvgIpc) is 3.13. The first-order valence-corrected chi connectivity index (χ1v) is 12.1. The summed E-state index contributed by atoms with van der Waals surface area (Å²) in [6.45, 7) is 4.13. The first-order valence-electron chi connectivity index (χ1n) is 9.27. The van der Waals surface area contributed by atoms with Crippen molar-refractivity contribution in [3.63, 3.8) is 0 Å². The van der Waals surface area contributed by atoms with Crippen LogP contribution in [0.15, 0.2) is 47.5 Å². The zero-order valence-corrected chi connectivity index (χ0v) is 17.9. The van der Waals surface area contributed by atoms with Gasteiger partial charge in [-0.3, -0.25) is 4.99 Å². The number of fused-ring (bicyclic) bond motifs is 1. The van der Waals surface area contributed by atoms with Crippen molar-refractivity contribution in [3.05, 3.63) is 59.2 Å². The second-order valence-electron chi connectivity index (χ2n) is 7.42. The van der Waals surface area contributed by atoms with Crippen molar-refractivity contribution >= 4 is 32.5 Å². The topological polar surface area (TPSA) is 59.0 Å². The van der Waals surface area contributed by atoms with Crippen molar-refractivity contribution in [1.29, 1.82) is 0 Å². The van der Waals surface area contributed by atoms with Gasteiger partial charge in [-0.05, 0) is 48.7 Å². The summed E-state index contributed by atoms with van der Waals surface area (Å²) in [7, 11) is -1.38. The smallest absolute Gasteiger partial charge is 0.164 e. The van der Waals surface area contributed by atoms with Crippen LogP contribution in [0.2, 0.25) is 0 Å². The van der Waals surface area contributed by atoms with Crippen molar-refractivity contribution < 1.29 is 13.2 Å². The Bertz CT molecular complexity index is 1020. The van der Waals surface area contributed by atoms with E-state index in [1.807, 2.05) is 12.1 Å². The van der Waals surface area contributed by atoms with E-state index in [0.29, 0.717) is 0 Å². The van der Waals surface area contributed by atoms with E-state index in [4.69, 9.17) is 9.73 Å². The van der Waals surface area contributed by atoms with E-state index in [2.05, 4.69) is 49.1 Å². The van der Waals surface area contributed by atoms with Gasteiger partial charge >= 0.3 is 0 Å². The third kappa shape index (κ3) is 3.78. The Morgan fingerprint density at radius 1 is 1.14 bits per heavy atom. The fraction of sp³-hybridized carbons (Fsp3) is 0.381. The number of nitrogens with zero attached hydrogens (tertiary/aromatic N) is 2. The molecule has 0 N–H and O–H groups in total. The van der Waals surface area contributed by atoms with Crippen LogP contribution < -0.4 is 9.64 Å². The molecule has 4 rings (SSSR count). The number of ether oxygens (including phenoxy) is 1. The van der Waals surface area contributed by atoms with Crippen LogP contribution in [0.3, 0.4) is 0 Å². The largest absolute Gasteiger partial charge is 0.497 e. The van der Waals surface area contributed by atoms with E-state index in [-0.39, 0.29) is 23.6 Å². The number of anilines is 1. The van der Waals surface area contributed by atoms with E-state index in [1.54, 1.807) is 18.9 Å². The quantitative estimate of drug-likeness (QED) is 0.762. The Labute approximate surface area is 170 Å². The van der Waals surface area contributed by atoms with Crippen LogP contribution >= 0.6 is 11.8 Å². The molecule has 2 aliphatic heterocycles. The lowest BCUT2D eigenvalue weighted by Crippen LogP contribution is -2.39. The van der Waals surface area contributed by atoms with E-state index in [1.165, 1.54) is 5.56 Å². The number of benzene rings is 2. The lowest BCUT2D eigenvalue weighted by Gasteiger charge is -2.28. The molecule has 0 radical (unpaired) electrons. The van der Waals surface area contributed by atoms with Crippen molar-refractivity contribution in [3.8, 4) is 5.75 Å². The Morgan fingerprint density at radius 2 is 1.89 bits per heavy atom. The molecule has 5 nitrogen and oxygen atoms in total. The lowest BCUT2D eigenvalue weighted by atomic mass is 10.1. The fourth-order valence-corrected chi connectivity index (χ4v) is 6.68. The summed E-state index contributed by atoms with van der Waals surface area (Å²) >= 11 is 1.67. The minimum Gasteiger partial charge on any atom is -0.497 e. The summed E-state index contributed by atoms with van der Waals surface area (Å²) in [4.78, 5) is 6.98. The van der Waals surface area contributed by atoms with Gasteiger partial charge in [0.15, 0.2) is 15.0 Å². The number of thioether (sulfide) groups is 1. The number of rotatable bonds is 4. The molecule has 0 spiro atoms. The number of aryl methyl sites for hydroxylation is 2. The van der Waals surface area contributed by atoms with Gasteiger partial charge in [-0.25, -0.2) is 8.42 Å². The molecule has 28 heavy (non-hydrogen) atoms. The van der Waals surface area contributed by atoms with Gasteiger partial charge in [-0.2, -0.15) is 0 Å². The van der Waals surface area contributed by atoms with Crippen LogP contribution in [0.4, 0.5) is 5.69 Å². The summed E-state index contributed by atoms with van der Waals surface area (Å²) in [5.41, 5.74) is 4.53. The molecule has 0 bridgehead atoms. The third-order valence-corrected chi connectivity index (χ3v) is 8.00. The monoisotopic (exact) mass is 416 g/mol. The highest BCUT2D eigenvalue weighted by molar-refractivity contribution is 8.13. The number of hydrogen-bond acceptors (Lipinski definition) is 6. The van der Waals surface area contributed by atoms with Crippen LogP contribution in [0, 0.1) is 13.8 Å². The van der Waals surface area contributed by atoms with Gasteiger partial charge in [0.05, 0.1) is 30.7 Å². The van der Waals surface area contributed by atoms with Crippen molar-refractivity contribution in [2.24, 2.45) is 4.99 Å². The molecular formula is C21H24N2O3S2. The maximum absolute atomic E-state index is 12.2. The molecule has 0 aliphatic carbocycles. The van der Waals surface area contributed by atoms with Gasteiger partial charge in [0, 0.05) is 11.4 Å². The molecule has 2 aromatic carbocycles. The molecule has 1 saturated heterocycles. The van der Waals surface area contributed by atoms with Crippen molar-refractivity contribution in [2.45, 2.75) is 31.7 Å². The Hall–Kier alpha value is -1.99. The Kier molecular flexibility index (Phi) is 5.14. The van der Waals surface area contributed by atoms with Gasteiger partial charge < -0.3 is 9.64 Å². The SMILES string of the molecule is COc1ccc(CSC2=N[C@@H]3CS(=O)(=O)C[C@H]3N2c2cc(C)ccc2C)cc1. The highest BCUT2D eigenvalue weighted by atomic mass is 32.2. The van der Waals surface area contributed by atoms with Crippen LogP contribution in [0.25, 0.3) is 0 Å². The van der Waals surface area contributed by atoms with Crippen LogP contribution in [-0.4, -0.2) is 44.3 Å². The second kappa shape index (κ2) is 7.44. The Balaban J connectivity index is 1.62. The normalized spacial score (nSPS) is 22.8. The first-order chi connectivity index (χ1) is 13.4. The zero-order chi connectivity index (χ0) is 19.9. The fourth-order valence-electron chi connectivity index (χ4n) is 3.76. The standard InChI is InChI=1S/C21H24N2O3S2/c1-14-4-5-15(2)19(10-14)23-20-13-28(24,25)12-18(20)22-21(23)27-11-16-6-8-17(26-3)9-7-16/h4-10,18,20H,11-13H2,1-3H3/t18-,20-/m1/s1. The zero-order valence-electron chi connectivity index (χ0n) is 16.3. The molecule has 0 saturated carbocycles. The number of sulfone groups is 1. The van der Waals surface area contributed by atoms with Gasteiger partial charge in [-0.1, -0.05) is 36.0 Å². The number of aliphatic imine (C=N–C) groups is 1. The molecule has 7 heteroatoms. The number of hydrogen-bond donors (Lipinski definition) is 0. The highest BCUT2D eigenvalue weighted by Gasteiger charge is 2.47. The van der Waals surface area contributed by atoms with Crippen molar-refractivity contribution in [2.75, 3.05) is 23.5 Å². The molecule has 0 aromatic heterocycles. The molecule has 2 heterocycles. The summed E-state index contributed by atoms with van der Waals surface area (Å²) < 4.78 is 29.6. The summed E-state index contributed by atoms with van der Waals surface area (Å²) in [6, 6.07) is 14.0. The van der Waals surface area contributed by atoms with Crippen molar-refractivity contribution in [1.82, 2.24) is 0 Å². The summed E-state index contributed by atoms with van der Waals surface area (Å²) in [5, 5.41) is 0.911. The summed E-state index contributed by atoms with van der Waals surface area (Å²) in [5.74, 6) is 1.92. The van der Waals surface area contributed by atoms with Crippen LogP contribution in [0.1, 0.15) is 16.7 Å². The van der Waals surface area contributed by atoms with Gasteiger partial charge in [-0.15, -0.1) is 0 Å². The molecule has 2 aliphatic rings. The maximum atomic E-state index is 12.2. The summed E-state index contributed by atoms with van der Waals surface area (Å²) in [6.07, 6.45) is 0. The third-order valence-electron chi connectivity index (χ3n) is 5.26. The first kappa shape index (κ1) is 19.3. The maximum Gasteiger partial charge on any atom is 0.164 e. The molecule has 148 valence electrons. The van der Waals surface area contributed by atoms with E-state index < -0.39 is 9.84 Å². The minimum atomic E-state index is -3.04. The van der Waals surface area contributed by atoms with E-state index >= 15 is 0 Å². The number of amidine groups is 1. The number of methoxy groups -OCH3 is 1. The lowest BCUT2D eigenvalue weighted by molar-refractivity contribution is 0.414. The Morgan fingerprint density at radius 3 is 2.61 bits per heavy atom. The molecule has 0 unspecified atom stereocenters. The predicted molar refractivity (Wildman–Crippen MR) is 116 cm³/mol. The molecule has 1 fully saturated rings. The van der Waals surface area contributed by atoms with E-state index in [9.17, 15) is 8.42 Å².